The zero-order chi connectivity index (χ0) is 26.3. The van der Waals surface area contributed by atoms with E-state index in [1.807, 2.05) is 13.8 Å². The van der Waals surface area contributed by atoms with E-state index in [0.717, 1.165) is 38.6 Å². The van der Waals surface area contributed by atoms with Gasteiger partial charge in [0, 0.05) is 25.2 Å². The number of likely N-dealkylation sites (tertiary alicyclic amines) is 1. The number of rotatable bonds is 11. The molecule has 1 rings (SSSR count). The first kappa shape index (κ1) is 32.1. The predicted octanol–water partition coefficient (Wildman–Crippen LogP) is 4.55. The van der Waals surface area contributed by atoms with Crippen LogP contribution in [-0.2, 0) is 19.1 Å². The van der Waals surface area contributed by atoms with Gasteiger partial charge in [0.25, 0.3) is 0 Å². The van der Waals surface area contributed by atoms with Crippen LogP contribution in [0.5, 0.6) is 0 Å². The quantitative estimate of drug-likeness (QED) is 0.346. The average Bonchev–Trinajstić information content (AvgIpc) is 2.84. The first-order valence-corrected chi connectivity index (χ1v) is 13.2. The molecule has 2 amide bonds. The van der Waals surface area contributed by atoms with Gasteiger partial charge in [0.05, 0.1) is 12.6 Å². The second-order valence-electron chi connectivity index (χ2n) is 9.41. The van der Waals surface area contributed by atoms with Crippen molar-refractivity contribution < 1.29 is 19.1 Å². The molecule has 0 bridgehead atoms. The minimum atomic E-state index is -0.584. The van der Waals surface area contributed by atoms with E-state index in [1.165, 1.54) is 6.42 Å². The molecule has 7 heteroatoms. The van der Waals surface area contributed by atoms with E-state index in [-0.39, 0.29) is 36.3 Å². The molecule has 7 nitrogen and oxygen atoms in total. The Kier molecular flexibility index (Phi) is 16.6. The second-order valence-corrected chi connectivity index (χ2v) is 9.41. The van der Waals surface area contributed by atoms with Gasteiger partial charge in [0.2, 0.25) is 11.8 Å². The van der Waals surface area contributed by atoms with E-state index in [0.29, 0.717) is 18.2 Å². The van der Waals surface area contributed by atoms with Gasteiger partial charge in [-0.1, -0.05) is 60.0 Å². The molecule has 0 spiro atoms. The summed E-state index contributed by atoms with van der Waals surface area (Å²) in [6.45, 7) is 17.5. The van der Waals surface area contributed by atoms with E-state index in [2.05, 4.69) is 37.9 Å². The number of carbonyl (C=O) groups is 3. The number of piperidine rings is 1. The topological polar surface area (TPSA) is 79.0 Å². The molecule has 1 fully saturated rings. The summed E-state index contributed by atoms with van der Waals surface area (Å²) in [4.78, 5) is 42.0. The number of ether oxygens (including phenoxy) is 1. The van der Waals surface area contributed by atoms with Crippen LogP contribution in [0.4, 0.5) is 0 Å². The standard InChI is InChI=1S/C24H43N3O4.C3H8/c1-8-17(4)21(23(29)26(7)16-14-18(5)24(30)31-10-3)25-22(28)20-13-11-12-15-27(20)19(6)9-2;1-3-2/h14,17,19-21H,8-13,15-16H2,1-7H3,(H,25,28);3H2,1-2H3/b18-14+;/t17-,19?,20?,21?;/m0./s1. The Balaban J connectivity index is 0.00000343. The van der Waals surface area contributed by atoms with Gasteiger partial charge in [-0.25, -0.2) is 4.79 Å². The lowest BCUT2D eigenvalue weighted by Gasteiger charge is -2.39. The SMILES string of the molecule is CCC.CCOC(=O)/C(C)=C/CN(C)C(=O)C(NC(=O)C1CCCCN1C(C)CC)[C@@H](C)CC. The number of nitrogens with zero attached hydrogens (tertiary/aromatic N) is 2. The monoisotopic (exact) mass is 481 g/mol. The molecule has 198 valence electrons. The Morgan fingerprint density at radius 2 is 1.71 bits per heavy atom. The minimum Gasteiger partial charge on any atom is -0.463 e. The van der Waals surface area contributed by atoms with Gasteiger partial charge in [-0.3, -0.25) is 14.5 Å². The van der Waals surface area contributed by atoms with Crippen molar-refractivity contribution in [2.45, 2.75) is 112 Å². The van der Waals surface area contributed by atoms with Crippen molar-refractivity contribution in [3.63, 3.8) is 0 Å². The lowest BCUT2D eigenvalue weighted by Crippen LogP contribution is -2.58. The third-order valence-electron chi connectivity index (χ3n) is 6.43. The normalized spacial score (nSPS) is 19.2. The number of esters is 1. The van der Waals surface area contributed by atoms with Gasteiger partial charge < -0.3 is 15.0 Å². The molecule has 0 radical (unpaired) electrons. The molecule has 3 unspecified atom stereocenters. The van der Waals surface area contributed by atoms with Crippen molar-refractivity contribution in [3.8, 4) is 0 Å². The number of hydrogen-bond donors (Lipinski definition) is 1. The molecular formula is C27H51N3O4. The largest absolute Gasteiger partial charge is 0.463 e. The smallest absolute Gasteiger partial charge is 0.333 e. The molecule has 0 saturated carbocycles. The summed E-state index contributed by atoms with van der Waals surface area (Å²) in [6.07, 6.45) is 7.68. The van der Waals surface area contributed by atoms with Crippen molar-refractivity contribution in [2.24, 2.45) is 5.92 Å². The van der Waals surface area contributed by atoms with Crippen LogP contribution in [0.25, 0.3) is 0 Å². The molecule has 0 aromatic rings. The van der Waals surface area contributed by atoms with Crippen LogP contribution in [0.1, 0.15) is 93.9 Å². The lowest BCUT2D eigenvalue weighted by atomic mass is 9.95. The number of amides is 2. The van der Waals surface area contributed by atoms with Crippen molar-refractivity contribution in [1.29, 1.82) is 0 Å². The highest BCUT2D eigenvalue weighted by molar-refractivity contribution is 5.90. The van der Waals surface area contributed by atoms with Crippen LogP contribution in [0.2, 0.25) is 0 Å². The summed E-state index contributed by atoms with van der Waals surface area (Å²) in [5.74, 6) is -0.556. The summed E-state index contributed by atoms with van der Waals surface area (Å²) in [6, 6.07) is -0.425. The van der Waals surface area contributed by atoms with Crippen molar-refractivity contribution in [2.75, 3.05) is 26.7 Å². The Morgan fingerprint density at radius 1 is 1.09 bits per heavy atom. The first-order valence-electron chi connectivity index (χ1n) is 13.2. The lowest BCUT2D eigenvalue weighted by molar-refractivity contribution is -0.139. The van der Waals surface area contributed by atoms with Gasteiger partial charge in [0.1, 0.15) is 6.04 Å². The van der Waals surface area contributed by atoms with Crippen LogP contribution in [0.15, 0.2) is 11.6 Å². The molecule has 1 aliphatic rings. The van der Waals surface area contributed by atoms with Crippen LogP contribution in [0, 0.1) is 5.92 Å². The number of likely N-dealkylation sites (N-methyl/N-ethyl adjacent to an activating group) is 1. The predicted molar refractivity (Wildman–Crippen MR) is 139 cm³/mol. The molecule has 34 heavy (non-hydrogen) atoms. The zero-order valence-electron chi connectivity index (χ0n) is 23.3. The minimum absolute atomic E-state index is 0.00896. The van der Waals surface area contributed by atoms with Gasteiger partial charge in [-0.2, -0.15) is 0 Å². The van der Waals surface area contributed by atoms with E-state index in [1.54, 1.807) is 31.9 Å². The molecule has 1 heterocycles. The molecule has 0 aromatic carbocycles. The molecule has 0 aromatic heterocycles. The maximum absolute atomic E-state index is 13.2. The average molecular weight is 482 g/mol. The van der Waals surface area contributed by atoms with Crippen LogP contribution >= 0.6 is 0 Å². The third kappa shape index (κ3) is 10.6. The highest BCUT2D eigenvalue weighted by Gasteiger charge is 2.35. The summed E-state index contributed by atoms with van der Waals surface area (Å²) >= 11 is 0. The van der Waals surface area contributed by atoms with Crippen molar-refractivity contribution in [1.82, 2.24) is 15.1 Å². The van der Waals surface area contributed by atoms with E-state index in [4.69, 9.17) is 4.74 Å². The Hall–Kier alpha value is -1.89. The molecular weight excluding hydrogens is 430 g/mol. The highest BCUT2D eigenvalue weighted by Crippen LogP contribution is 2.22. The van der Waals surface area contributed by atoms with Gasteiger partial charge in [0.15, 0.2) is 0 Å². The number of hydrogen-bond acceptors (Lipinski definition) is 5. The molecule has 0 aliphatic carbocycles. The van der Waals surface area contributed by atoms with Crippen LogP contribution in [-0.4, -0.2) is 72.5 Å². The summed E-state index contributed by atoms with van der Waals surface area (Å²) < 4.78 is 4.99. The van der Waals surface area contributed by atoms with Gasteiger partial charge >= 0.3 is 5.97 Å². The summed E-state index contributed by atoms with van der Waals surface area (Å²) in [5.41, 5.74) is 0.469. The van der Waals surface area contributed by atoms with Crippen molar-refractivity contribution in [3.05, 3.63) is 11.6 Å². The second kappa shape index (κ2) is 17.5. The highest BCUT2D eigenvalue weighted by atomic mass is 16.5. The maximum atomic E-state index is 13.2. The zero-order valence-corrected chi connectivity index (χ0v) is 23.3. The number of nitrogens with one attached hydrogen (secondary N) is 1. The fourth-order valence-corrected chi connectivity index (χ4v) is 3.86. The van der Waals surface area contributed by atoms with Crippen LogP contribution < -0.4 is 5.32 Å². The molecule has 1 N–H and O–H groups in total. The Bertz CT molecular complexity index is 650. The first-order chi connectivity index (χ1) is 16.1. The summed E-state index contributed by atoms with van der Waals surface area (Å²) in [5, 5.41) is 3.07. The fraction of sp³-hybridized carbons (Fsp3) is 0.815. The molecule has 4 atom stereocenters. The van der Waals surface area contributed by atoms with E-state index in [9.17, 15) is 14.4 Å². The fourth-order valence-electron chi connectivity index (χ4n) is 3.86. The maximum Gasteiger partial charge on any atom is 0.333 e. The van der Waals surface area contributed by atoms with Gasteiger partial charge in [-0.15, -0.1) is 0 Å². The van der Waals surface area contributed by atoms with Crippen LogP contribution in [0.3, 0.4) is 0 Å². The number of carbonyl (C=O) groups excluding carboxylic acids is 3. The summed E-state index contributed by atoms with van der Waals surface area (Å²) in [7, 11) is 1.70. The van der Waals surface area contributed by atoms with E-state index >= 15 is 0 Å². The van der Waals surface area contributed by atoms with Crippen molar-refractivity contribution >= 4 is 17.8 Å². The third-order valence-corrected chi connectivity index (χ3v) is 6.43. The van der Waals surface area contributed by atoms with E-state index < -0.39 is 6.04 Å². The molecule has 1 saturated heterocycles. The van der Waals surface area contributed by atoms with Gasteiger partial charge in [-0.05, 0) is 52.5 Å². The Morgan fingerprint density at radius 3 is 2.24 bits per heavy atom. The molecule has 1 aliphatic heterocycles. The Labute approximate surface area is 208 Å².